The number of aromatic nitrogens is 1. The summed E-state index contributed by atoms with van der Waals surface area (Å²) in [7, 11) is 0. The Bertz CT molecular complexity index is 497. The largest absolute Gasteiger partial charge is 0.256 e. The molecule has 0 saturated heterocycles. The molecule has 0 spiro atoms. The molecule has 76 valence electrons. The molecule has 1 aromatic heterocycles. The average molecular weight is 218 g/mol. The highest BCUT2D eigenvalue weighted by Gasteiger charge is 1.98. The van der Waals surface area contributed by atoms with Crippen LogP contribution in [0.2, 0.25) is 0 Å². The Morgan fingerprint density at radius 2 is 2.13 bits per heavy atom. The van der Waals surface area contributed by atoms with Gasteiger partial charge >= 0.3 is 0 Å². The highest BCUT2D eigenvalue weighted by molar-refractivity contribution is 6.19. The van der Waals surface area contributed by atoms with E-state index in [-0.39, 0.29) is 0 Å². The zero-order chi connectivity index (χ0) is 10.7. The molecule has 0 N–H and O–H groups in total. The average Bonchev–Trinajstić information content (AvgIpc) is 2.29. The number of fused-ring (bicyclic) bond motifs is 1. The number of nitrogens with zero attached hydrogens (tertiary/aromatic N) is 1. The fraction of sp³-hybridized carbons (Fsp3) is 0.154. The molecule has 0 atom stereocenters. The van der Waals surface area contributed by atoms with E-state index >= 15 is 0 Å². The zero-order valence-electron chi connectivity index (χ0n) is 8.57. The third kappa shape index (κ3) is 2.18. The summed E-state index contributed by atoms with van der Waals surface area (Å²) in [6.45, 7) is 2.03. The van der Waals surface area contributed by atoms with Crippen LogP contribution in [0.25, 0.3) is 17.0 Å². The van der Waals surface area contributed by atoms with Crippen molar-refractivity contribution in [3.05, 3.63) is 47.7 Å². The van der Waals surface area contributed by atoms with Gasteiger partial charge in [0.1, 0.15) is 0 Å². The van der Waals surface area contributed by atoms with Gasteiger partial charge < -0.3 is 0 Å². The van der Waals surface area contributed by atoms with Gasteiger partial charge in [-0.05, 0) is 24.6 Å². The number of allylic oxidation sites excluding steroid dienone is 1. The normalized spacial score (nSPS) is 12.0. The molecular weight excluding hydrogens is 206 g/mol. The first-order valence-electron chi connectivity index (χ1n) is 4.88. The van der Waals surface area contributed by atoms with Gasteiger partial charge in [-0.25, -0.2) is 0 Å². The van der Waals surface area contributed by atoms with Gasteiger partial charge in [0, 0.05) is 17.5 Å². The van der Waals surface area contributed by atoms with E-state index in [1.807, 2.05) is 37.4 Å². The Morgan fingerprint density at radius 1 is 1.33 bits per heavy atom. The van der Waals surface area contributed by atoms with E-state index in [0.717, 1.165) is 11.1 Å². The molecule has 2 heteroatoms. The Kier molecular flexibility index (Phi) is 3.02. The van der Waals surface area contributed by atoms with Gasteiger partial charge in [0.2, 0.25) is 0 Å². The number of halogens is 1. The predicted octanol–water partition coefficient (Wildman–Crippen LogP) is 3.88. The number of benzene rings is 1. The van der Waals surface area contributed by atoms with Gasteiger partial charge in [-0.15, -0.1) is 11.6 Å². The zero-order valence-corrected chi connectivity index (χ0v) is 9.33. The fourth-order valence-corrected chi connectivity index (χ4v) is 1.63. The second kappa shape index (κ2) is 4.45. The maximum absolute atomic E-state index is 5.77. The lowest BCUT2D eigenvalue weighted by molar-refractivity contribution is 1.39. The molecular formula is C13H12ClN. The number of pyridine rings is 1. The van der Waals surface area contributed by atoms with Crippen molar-refractivity contribution in [2.45, 2.75) is 6.92 Å². The van der Waals surface area contributed by atoms with Crippen LogP contribution in [-0.2, 0) is 0 Å². The number of hydrogen-bond donors (Lipinski definition) is 0. The van der Waals surface area contributed by atoms with E-state index < -0.39 is 0 Å². The smallest absolute Gasteiger partial charge is 0.0707 e. The molecule has 0 fully saturated rings. The van der Waals surface area contributed by atoms with E-state index in [4.69, 9.17) is 11.6 Å². The summed E-state index contributed by atoms with van der Waals surface area (Å²) < 4.78 is 0. The summed E-state index contributed by atoms with van der Waals surface area (Å²) in [5.74, 6) is 0.566. The fourth-order valence-electron chi connectivity index (χ4n) is 1.55. The number of hydrogen-bond acceptors (Lipinski definition) is 1. The molecule has 2 rings (SSSR count). The van der Waals surface area contributed by atoms with Gasteiger partial charge in [0.05, 0.1) is 5.52 Å². The maximum Gasteiger partial charge on any atom is 0.0707 e. The van der Waals surface area contributed by atoms with Gasteiger partial charge in [-0.1, -0.05) is 29.8 Å². The van der Waals surface area contributed by atoms with Crippen molar-refractivity contribution in [2.75, 3.05) is 5.88 Å². The van der Waals surface area contributed by atoms with Gasteiger partial charge in [-0.3, -0.25) is 4.98 Å². The Labute approximate surface area is 94.4 Å². The van der Waals surface area contributed by atoms with Gasteiger partial charge in [-0.2, -0.15) is 0 Å². The minimum absolute atomic E-state index is 0.566. The standard InChI is InChI=1S/C13H12ClN/c1-10(9-14)8-11-6-7-15-13-5-3-2-4-12(11)13/h2-8H,9H2,1H3. The van der Waals surface area contributed by atoms with E-state index in [0.29, 0.717) is 5.88 Å². The van der Waals surface area contributed by atoms with Crippen molar-refractivity contribution >= 4 is 28.6 Å². The van der Waals surface area contributed by atoms with E-state index in [2.05, 4.69) is 17.1 Å². The molecule has 1 nitrogen and oxygen atoms in total. The Morgan fingerprint density at radius 3 is 2.93 bits per heavy atom. The Balaban J connectivity index is 2.61. The molecule has 15 heavy (non-hydrogen) atoms. The van der Waals surface area contributed by atoms with Crippen molar-refractivity contribution in [1.29, 1.82) is 0 Å². The Hall–Kier alpha value is -1.34. The van der Waals surface area contributed by atoms with Crippen molar-refractivity contribution in [3.8, 4) is 0 Å². The molecule has 0 radical (unpaired) electrons. The highest BCUT2D eigenvalue weighted by atomic mass is 35.5. The van der Waals surface area contributed by atoms with Crippen molar-refractivity contribution in [1.82, 2.24) is 4.98 Å². The second-order valence-electron chi connectivity index (χ2n) is 3.54. The van der Waals surface area contributed by atoms with Crippen LogP contribution in [0.1, 0.15) is 12.5 Å². The number of rotatable bonds is 2. The van der Waals surface area contributed by atoms with Gasteiger partial charge in [0.25, 0.3) is 0 Å². The van der Waals surface area contributed by atoms with Crippen molar-refractivity contribution < 1.29 is 0 Å². The third-order valence-electron chi connectivity index (χ3n) is 2.30. The molecule has 0 aliphatic rings. The minimum atomic E-state index is 0.566. The first-order valence-corrected chi connectivity index (χ1v) is 5.41. The lowest BCUT2D eigenvalue weighted by Crippen LogP contribution is -1.83. The van der Waals surface area contributed by atoms with Gasteiger partial charge in [0.15, 0.2) is 0 Å². The molecule has 0 aliphatic carbocycles. The van der Waals surface area contributed by atoms with Crippen molar-refractivity contribution in [2.24, 2.45) is 0 Å². The molecule has 0 aliphatic heterocycles. The molecule has 1 aromatic carbocycles. The molecule has 0 saturated carbocycles. The van der Waals surface area contributed by atoms with Crippen LogP contribution in [0.4, 0.5) is 0 Å². The van der Waals surface area contributed by atoms with Crippen LogP contribution in [0.3, 0.4) is 0 Å². The lowest BCUT2D eigenvalue weighted by atomic mass is 10.1. The highest BCUT2D eigenvalue weighted by Crippen LogP contribution is 2.18. The molecule has 0 amide bonds. The van der Waals surface area contributed by atoms with Crippen LogP contribution in [0.5, 0.6) is 0 Å². The molecule has 1 heterocycles. The van der Waals surface area contributed by atoms with Crippen LogP contribution in [0, 0.1) is 0 Å². The first-order chi connectivity index (χ1) is 7.31. The van der Waals surface area contributed by atoms with Crippen LogP contribution in [-0.4, -0.2) is 10.9 Å². The minimum Gasteiger partial charge on any atom is -0.256 e. The third-order valence-corrected chi connectivity index (χ3v) is 2.72. The quantitative estimate of drug-likeness (QED) is 0.696. The topological polar surface area (TPSA) is 12.9 Å². The van der Waals surface area contributed by atoms with Crippen molar-refractivity contribution in [3.63, 3.8) is 0 Å². The lowest BCUT2D eigenvalue weighted by Gasteiger charge is -2.02. The number of para-hydroxylation sites is 1. The summed E-state index contributed by atoms with van der Waals surface area (Å²) in [5, 5.41) is 1.17. The maximum atomic E-state index is 5.77. The van der Waals surface area contributed by atoms with Crippen LogP contribution in [0.15, 0.2) is 42.1 Å². The second-order valence-corrected chi connectivity index (χ2v) is 3.81. The summed E-state index contributed by atoms with van der Waals surface area (Å²) >= 11 is 5.77. The molecule has 0 unspecified atom stereocenters. The summed E-state index contributed by atoms with van der Waals surface area (Å²) in [6.07, 6.45) is 3.94. The predicted molar refractivity (Wildman–Crippen MR) is 66.1 cm³/mol. The SMILES string of the molecule is CC(=Cc1ccnc2ccccc12)CCl. The monoisotopic (exact) mass is 217 g/mol. The number of alkyl halides is 1. The summed E-state index contributed by atoms with van der Waals surface area (Å²) in [6, 6.07) is 10.1. The van der Waals surface area contributed by atoms with E-state index in [9.17, 15) is 0 Å². The van der Waals surface area contributed by atoms with Crippen LogP contribution >= 0.6 is 11.6 Å². The first kappa shape index (κ1) is 10.2. The van der Waals surface area contributed by atoms with E-state index in [1.54, 1.807) is 0 Å². The van der Waals surface area contributed by atoms with E-state index in [1.165, 1.54) is 10.9 Å². The summed E-state index contributed by atoms with van der Waals surface area (Å²) in [5.41, 5.74) is 3.36. The van der Waals surface area contributed by atoms with Crippen LogP contribution < -0.4 is 0 Å². The molecule has 2 aromatic rings. The molecule has 0 bridgehead atoms. The summed E-state index contributed by atoms with van der Waals surface area (Å²) in [4.78, 5) is 4.31.